The molecule has 5 heteroatoms. The number of nitrogens with one attached hydrogen (secondary N) is 1. The Labute approximate surface area is 106 Å². The van der Waals surface area contributed by atoms with E-state index in [9.17, 15) is 0 Å². The molecule has 1 atom stereocenters. The molecule has 0 aromatic carbocycles. The van der Waals surface area contributed by atoms with Crippen LogP contribution in [0.5, 0.6) is 0 Å². The smallest absolute Gasteiger partial charge is 0.130 e. The maximum Gasteiger partial charge on any atom is 0.130 e. The number of hydrogen-bond acceptors (Lipinski definition) is 4. The molecule has 0 bridgehead atoms. The summed E-state index contributed by atoms with van der Waals surface area (Å²) in [5, 5.41) is 0. The zero-order valence-corrected chi connectivity index (χ0v) is 11.3. The molecule has 0 radical (unpaired) electrons. The van der Waals surface area contributed by atoms with Gasteiger partial charge in [-0.3, -0.25) is 4.90 Å². The zero-order valence-electron chi connectivity index (χ0n) is 9.69. The number of aromatic amines is 1. The van der Waals surface area contributed by atoms with Crippen molar-refractivity contribution < 1.29 is 0 Å². The van der Waals surface area contributed by atoms with Crippen LogP contribution >= 0.6 is 24.0 Å². The third-order valence-electron chi connectivity index (χ3n) is 2.91. The van der Waals surface area contributed by atoms with E-state index < -0.39 is 0 Å². The lowest BCUT2D eigenvalue weighted by Crippen LogP contribution is -2.34. The van der Waals surface area contributed by atoms with E-state index in [1.165, 1.54) is 11.4 Å². The molecule has 0 saturated carbocycles. The topological polar surface area (TPSA) is 31.9 Å². The van der Waals surface area contributed by atoms with Crippen molar-refractivity contribution in [3.63, 3.8) is 0 Å². The summed E-state index contributed by atoms with van der Waals surface area (Å²) in [4.78, 5) is 10.2. The summed E-state index contributed by atoms with van der Waals surface area (Å²) in [5.41, 5.74) is 1.18. The van der Waals surface area contributed by atoms with Crippen molar-refractivity contribution in [2.24, 2.45) is 0 Å². The summed E-state index contributed by atoms with van der Waals surface area (Å²) in [6.07, 6.45) is 0.975. The Morgan fingerprint density at radius 3 is 3.19 bits per heavy atom. The number of aromatic nitrogens is 2. The van der Waals surface area contributed by atoms with Crippen LogP contribution in [-0.4, -0.2) is 40.0 Å². The van der Waals surface area contributed by atoms with Gasteiger partial charge in [0, 0.05) is 23.7 Å². The number of hydrogen-bond donors (Lipinski definition) is 1. The third kappa shape index (κ3) is 2.64. The highest BCUT2D eigenvalue weighted by Crippen LogP contribution is 2.25. The second-order valence-electron chi connectivity index (χ2n) is 4.05. The van der Waals surface area contributed by atoms with Crippen LogP contribution < -0.4 is 0 Å². The van der Waals surface area contributed by atoms with E-state index in [1.807, 2.05) is 17.8 Å². The van der Waals surface area contributed by atoms with Gasteiger partial charge >= 0.3 is 0 Å². The van der Waals surface area contributed by atoms with Crippen molar-refractivity contribution in [2.45, 2.75) is 19.4 Å². The summed E-state index contributed by atoms with van der Waals surface area (Å²) < 4.78 is 0.703. The molecule has 1 fully saturated rings. The van der Waals surface area contributed by atoms with E-state index in [0.29, 0.717) is 10.7 Å². The highest BCUT2D eigenvalue weighted by Gasteiger charge is 2.22. The van der Waals surface area contributed by atoms with Crippen LogP contribution in [0.3, 0.4) is 0 Å². The number of aryl methyl sites for hydroxylation is 1. The van der Waals surface area contributed by atoms with E-state index >= 15 is 0 Å². The molecule has 1 aromatic heterocycles. The van der Waals surface area contributed by atoms with E-state index in [4.69, 9.17) is 12.2 Å². The first-order valence-corrected chi connectivity index (χ1v) is 7.15. The lowest BCUT2D eigenvalue weighted by atomic mass is 10.2. The van der Waals surface area contributed by atoms with Gasteiger partial charge in [-0.2, -0.15) is 11.8 Å². The van der Waals surface area contributed by atoms with Gasteiger partial charge in [0.1, 0.15) is 10.5 Å². The molecule has 3 nitrogen and oxygen atoms in total. The first-order valence-electron chi connectivity index (χ1n) is 5.59. The Morgan fingerprint density at radius 2 is 2.50 bits per heavy atom. The van der Waals surface area contributed by atoms with E-state index in [1.54, 1.807) is 0 Å². The molecular weight excluding hydrogens is 238 g/mol. The van der Waals surface area contributed by atoms with Crippen molar-refractivity contribution in [1.82, 2.24) is 14.9 Å². The molecule has 0 amide bonds. The Bertz CT molecular complexity index is 416. The van der Waals surface area contributed by atoms with Gasteiger partial charge < -0.3 is 4.98 Å². The maximum atomic E-state index is 5.20. The van der Waals surface area contributed by atoms with Gasteiger partial charge in [0.2, 0.25) is 0 Å². The fourth-order valence-electron chi connectivity index (χ4n) is 1.85. The lowest BCUT2D eigenvalue weighted by Gasteiger charge is -2.31. The zero-order chi connectivity index (χ0) is 11.5. The fourth-order valence-corrected chi connectivity index (χ4v) is 3.31. The molecule has 1 saturated heterocycles. The predicted octanol–water partition coefficient (Wildman–Crippen LogP) is 2.42. The highest BCUT2D eigenvalue weighted by molar-refractivity contribution is 7.99. The number of H-pyrrole nitrogens is 1. The number of nitrogens with zero attached hydrogens (tertiary/aromatic N) is 2. The van der Waals surface area contributed by atoms with Gasteiger partial charge in [-0.1, -0.05) is 19.1 Å². The SMILES string of the molecule is CCc1cc(=S)nc(C2CSCCN2C)[nH]1. The monoisotopic (exact) mass is 255 g/mol. The first-order chi connectivity index (χ1) is 7.70. The van der Waals surface area contributed by atoms with Crippen molar-refractivity contribution in [2.75, 3.05) is 25.1 Å². The Balaban J connectivity index is 2.31. The Kier molecular flexibility index (Phi) is 4.00. The number of rotatable bonds is 2. The van der Waals surface area contributed by atoms with Gasteiger partial charge in [-0.15, -0.1) is 0 Å². The predicted molar refractivity (Wildman–Crippen MR) is 71.5 cm³/mol. The minimum Gasteiger partial charge on any atom is -0.346 e. The maximum absolute atomic E-state index is 5.20. The van der Waals surface area contributed by atoms with Crippen molar-refractivity contribution in [3.8, 4) is 0 Å². The molecule has 1 aliphatic heterocycles. The molecular formula is C11H17N3S2. The summed E-state index contributed by atoms with van der Waals surface area (Å²) in [7, 11) is 2.15. The molecule has 1 aromatic rings. The van der Waals surface area contributed by atoms with Crippen LogP contribution in [0.4, 0.5) is 0 Å². The summed E-state index contributed by atoms with van der Waals surface area (Å²) >= 11 is 7.19. The molecule has 1 aliphatic rings. The van der Waals surface area contributed by atoms with Gasteiger partial charge in [0.15, 0.2) is 0 Å². The third-order valence-corrected chi connectivity index (χ3v) is 4.14. The van der Waals surface area contributed by atoms with Crippen LogP contribution in [-0.2, 0) is 6.42 Å². The second-order valence-corrected chi connectivity index (χ2v) is 5.62. The van der Waals surface area contributed by atoms with Crippen molar-refractivity contribution in [3.05, 3.63) is 22.2 Å². The van der Waals surface area contributed by atoms with E-state index in [2.05, 4.69) is 28.8 Å². The summed E-state index contributed by atoms with van der Waals surface area (Å²) in [5.74, 6) is 3.34. The first kappa shape index (κ1) is 12.1. The number of thioether (sulfide) groups is 1. The standard InChI is InChI=1S/C11H17N3S2/c1-3-8-6-10(15)13-11(12-8)9-7-16-5-4-14(9)2/h6,9H,3-5,7H2,1-2H3,(H,12,13,15). The molecule has 2 rings (SSSR count). The van der Waals surface area contributed by atoms with Crippen LogP contribution in [0.15, 0.2) is 6.07 Å². The summed E-state index contributed by atoms with van der Waals surface area (Å²) in [6, 6.07) is 2.33. The summed E-state index contributed by atoms with van der Waals surface area (Å²) in [6.45, 7) is 3.25. The minimum absolute atomic E-state index is 0.381. The van der Waals surface area contributed by atoms with Crippen molar-refractivity contribution in [1.29, 1.82) is 0 Å². The van der Waals surface area contributed by atoms with Gasteiger partial charge in [0.05, 0.1) is 6.04 Å². The lowest BCUT2D eigenvalue weighted by molar-refractivity contribution is 0.264. The quantitative estimate of drug-likeness (QED) is 0.823. The fraction of sp³-hybridized carbons (Fsp3) is 0.636. The molecule has 1 unspecified atom stereocenters. The largest absolute Gasteiger partial charge is 0.346 e. The average molecular weight is 255 g/mol. The highest BCUT2D eigenvalue weighted by atomic mass is 32.2. The molecule has 1 N–H and O–H groups in total. The van der Waals surface area contributed by atoms with Gasteiger partial charge in [-0.25, -0.2) is 4.98 Å². The molecule has 16 heavy (non-hydrogen) atoms. The molecule has 0 aliphatic carbocycles. The second kappa shape index (κ2) is 5.29. The molecule has 88 valence electrons. The normalized spacial score (nSPS) is 22.2. The van der Waals surface area contributed by atoms with Crippen LogP contribution in [0.1, 0.15) is 24.5 Å². The Morgan fingerprint density at radius 1 is 1.69 bits per heavy atom. The van der Waals surface area contributed by atoms with E-state index in [-0.39, 0.29) is 0 Å². The molecule has 2 heterocycles. The van der Waals surface area contributed by atoms with E-state index in [0.717, 1.165) is 24.5 Å². The van der Waals surface area contributed by atoms with Crippen LogP contribution in [0.2, 0.25) is 0 Å². The van der Waals surface area contributed by atoms with Crippen molar-refractivity contribution >= 4 is 24.0 Å². The van der Waals surface area contributed by atoms with Crippen LogP contribution in [0.25, 0.3) is 0 Å². The average Bonchev–Trinajstić information content (AvgIpc) is 2.28. The Hall–Kier alpha value is -0.390. The van der Waals surface area contributed by atoms with Crippen LogP contribution in [0, 0.1) is 4.64 Å². The molecule has 0 spiro atoms. The minimum atomic E-state index is 0.381. The van der Waals surface area contributed by atoms with Gasteiger partial charge in [-0.05, 0) is 19.5 Å². The van der Waals surface area contributed by atoms with Gasteiger partial charge in [0.25, 0.3) is 0 Å².